The highest BCUT2D eigenvalue weighted by atomic mass is 16.5. The molecule has 1 aromatic carbocycles. The third-order valence-corrected chi connectivity index (χ3v) is 5.46. The largest absolute Gasteiger partial charge is 0.497 e. The number of pyridine rings is 2. The summed E-state index contributed by atoms with van der Waals surface area (Å²) in [4.78, 5) is 23.2. The van der Waals surface area contributed by atoms with Gasteiger partial charge in [0.15, 0.2) is 28.4 Å². The van der Waals surface area contributed by atoms with Crippen molar-refractivity contribution in [3.63, 3.8) is 0 Å². The van der Waals surface area contributed by atoms with E-state index in [1.165, 1.54) is 0 Å². The Morgan fingerprint density at radius 1 is 0.941 bits per heavy atom. The van der Waals surface area contributed by atoms with E-state index in [2.05, 4.69) is 20.3 Å². The monoisotopic (exact) mass is 449 g/mol. The number of hydrogen-bond acceptors (Lipinski definition) is 8. The number of benzene rings is 1. The van der Waals surface area contributed by atoms with Crippen molar-refractivity contribution in [3.05, 3.63) is 79.1 Å². The molecule has 0 saturated carbocycles. The molecule has 166 valence electrons. The zero-order valence-corrected chi connectivity index (χ0v) is 18.4. The second-order valence-corrected chi connectivity index (χ2v) is 7.66. The van der Waals surface area contributed by atoms with E-state index in [0.29, 0.717) is 34.1 Å². The number of furan rings is 1. The number of imidazole rings is 1. The Balaban J connectivity index is 1.55. The molecule has 9 heteroatoms. The SMILES string of the molecule is COc1ccc(-n2cnc3c(Nc4ccnc5ccoc45)nc(-c4cccc(C)n4)nc32)cc1. The predicted molar refractivity (Wildman–Crippen MR) is 128 cm³/mol. The Morgan fingerprint density at radius 2 is 1.82 bits per heavy atom. The first kappa shape index (κ1) is 19.9. The molecule has 0 atom stereocenters. The van der Waals surface area contributed by atoms with Gasteiger partial charge >= 0.3 is 0 Å². The van der Waals surface area contributed by atoms with E-state index < -0.39 is 0 Å². The van der Waals surface area contributed by atoms with Crippen LogP contribution in [-0.2, 0) is 0 Å². The number of ether oxygens (including phenoxy) is 1. The molecular weight excluding hydrogens is 430 g/mol. The normalized spacial score (nSPS) is 11.2. The average molecular weight is 449 g/mol. The van der Waals surface area contributed by atoms with Crippen LogP contribution in [0.2, 0.25) is 0 Å². The molecule has 0 aliphatic rings. The zero-order chi connectivity index (χ0) is 23.1. The minimum absolute atomic E-state index is 0.485. The number of aryl methyl sites for hydroxylation is 1. The van der Waals surface area contributed by atoms with Crippen molar-refractivity contribution in [2.45, 2.75) is 6.92 Å². The molecule has 0 bridgehead atoms. The number of anilines is 2. The van der Waals surface area contributed by atoms with Crippen LogP contribution in [0.3, 0.4) is 0 Å². The van der Waals surface area contributed by atoms with Crippen molar-refractivity contribution in [2.75, 3.05) is 12.4 Å². The summed E-state index contributed by atoms with van der Waals surface area (Å²) in [5, 5.41) is 3.38. The lowest BCUT2D eigenvalue weighted by molar-refractivity contribution is 0.415. The lowest BCUT2D eigenvalue weighted by Gasteiger charge is -2.10. The van der Waals surface area contributed by atoms with Crippen LogP contribution in [0.15, 0.2) is 77.8 Å². The van der Waals surface area contributed by atoms with Gasteiger partial charge in [0.05, 0.1) is 19.1 Å². The van der Waals surface area contributed by atoms with E-state index in [9.17, 15) is 0 Å². The predicted octanol–water partition coefficient (Wildman–Crippen LogP) is 5.08. The molecule has 0 radical (unpaired) electrons. The van der Waals surface area contributed by atoms with Gasteiger partial charge in [0.25, 0.3) is 0 Å². The van der Waals surface area contributed by atoms with Gasteiger partial charge in [-0.2, -0.15) is 0 Å². The van der Waals surface area contributed by atoms with Gasteiger partial charge in [-0.15, -0.1) is 0 Å². The quantitative estimate of drug-likeness (QED) is 0.389. The lowest BCUT2D eigenvalue weighted by Crippen LogP contribution is -2.03. The minimum Gasteiger partial charge on any atom is -0.497 e. The smallest absolute Gasteiger partial charge is 0.182 e. The highest BCUT2D eigenvalue weighted by Crippen LogP contribution is 2.31. The summed E-state index contributed by atoms with van der Waals surface area (Å²) in [5.41, 5.74) is 5.83. The summed E-state index contributed by atoms with van der Waals surface area (Å²) in [6.07, 6.45) is 5.06. The van der Waals surface area contributed by atoms with Crippen LogP contribution in [0, 0.1) is 6.92 Å². The third-order valence-electron chi connectivity index (χ3n) is 5.46. The van der Waals surface area contributed by atoms with Crippen molar-refractivity contribution in [3.8, 4) is 23.0 Å². The molecule has 5 aromatic heterocycles. The molecule has 0 amide bonds. The minimum atomic E-state index is 0.485. The van der Waals surface area contributed by atoms with E-state index in [1.807, 2.05) is 66.1 Å². The first-order chi connectivity index (χ1) is 16.7. The maximum absolute atomic E-state index is 5.64. The summed E-state index contributed by atoms with van der Waals surface area (Å²) in [6.45, 7) is 1.94. The first-order valence-electron chi connectivity index (χ1n) is 10.6. The van der Waals surface area contributed by atoms with Gasteiger partial charge in [0.2, 0.25) is 0 Å². The molecule has 0 unspecified atom stereocenters. The summed E-state index contributed by atoms with van der Waals surface area (Å²) in [7, 11) is 1.64. The van der Waals surface area contributed by atoms with E-state index in [0.717, 1.165) is 28.3 Å². The molecular formula is C25H19N7O2. The fourth-order valence-electron chi connectivity index (χ4n) is 3.80. The molecule has 0 aliphatic carbocycles. The number of hydrogen-bond donors (Lipinski definition) is 1. The van der Waals surface area contributed by atoms with E-state index in [1.54, 1.807) is 25.9 Å². The van der Waals surface area contributed by atoms with Crippen molar-refractivity contribution < 1.29 is 9.15 Å². The number of nitrogens with zero attached hydrogens (tertiary/aromatic N) is 6. The van der Waals surface area contributed by atoms with Crippen LogP contribution < -0.4 is 10.1 Å². The number of fused-ring (bicyclic) bond motifs is 2. The molecule has 0 fully saturated rings. The average Bonchev–Trinajstić information content (AvgIpc) is 3.52. The molecule has 0 spiro atoms. The van der Waals surface area contributed by atoms with E-state index in [-0.39, 0.29) is 0 Å². The number of nitrogens with one attached hydrogen (secondary N) is 1. The second-order valence-electron chi connectivity index (χ2n) is 7.66. The zero-order valence-electron chi connectivity index (χ0n) is 18.4. The molecule has 0 aliphatic heterocycles. The summed E-state index contributed by atoms with van der Waals surface area (Å²) < 4.78 is 12.8. The van der Waals surface area contributed by atoms with Crippen LogP contribution in [0.5, 0.6) is 5.75 Å². The van der Waals surface area contributed by atoms with Gasteiger partial charge in [-0.1, -0.05) is 6.07 Å². The summed E-state index contributed by atoms with van der Waals surface area (Å²) in [5.74, 6) is 1.80. The van der Waals surface area contributed by atoms with Crippen LogP contribution in [0.25, 0.3) is 39.5 Å². The Kier molecular flexibility index (Phi) is 4.65. The molecule has 6 aromatic rings. The maximum atomic E-state index is 5.64. The highest BCUT2D eigenvalue weighted by molar-refractivity contribution is 5.93. The van der Waals surface area contributed by atoms with E-state index >= 15 is 0 Å². The molecule has 5 heterocycles. The third kappa shape index (κ3) is 3.39. The molecule has 9 nitrogen and oxygen atoms in total. The topological polar surface area (TPSA) is 104 Å². The van der Waals surface area contributed by atoms with Gasteiger partial charge in [-0.05, 0) is 49.4 Å². The Hall–Kier alpha value is -4.79. The van der Waals surface area contributed by atoms with Crippen LogP contribution in [0.4, 0.5) is 11.5 Å². The van der Waals surface area contributed by atoms with Crippen LogP contribution >= 0.6 is 0 Å². The Bertz CT molecular complexity index is 1640. The van der Waals surface area contributed by atoms with Gasteiger partial charge in [0, 0.05) is 23.6 Å². The van der Waals surface area contributed by atoms with Gasteiger partial charge in [0.1, 0.15) is 23.3 Å². The second kappa shape index (κ2) is 7.96. The Morgan fingerprint density at radius 3 is 2.65 bits per heavy atom. The van der Waals surface area contributed by atoms with Crippen molar-refractivity contribution in [1.82, 2.24) is 29.5 Å². The lowest BCUT2D eigenvalue weighted by atomic mass is 10.3. The summed E-state index contributed by atoms with van der Waals surface area (Å²) >= 11 is 0. The van der Waals surface area contributed by atoms with E-state index in [4.69, 9.17) is 19.1 Å². The first-order valence-corrected chi connectivity index (χ1v) is 10.6. The standard InChI is InChI=1S/C25H19N7O2/c1-15-4-3-5-20(28-15)23-30-24(29-19-10-12-26-18-11-13-34-22(18)19)21-25(31-23)32(14-27-21)16-6-8-17(33-2)9-7-16/h3-14H,1-2H3,(H,26,29,30,31). The Labute approximate surface area is 194 Å². The highest BCUT2D eigenvalue weighted by Gasteiger charge is 2.18. The molecule has 34 heavy (non-hydrogen) atoms. The van der Waals surface area contributed by atoms with Crippen molar-refractivity contribution in [1.29, 1.82) is 0 Å². The van der Waals surface area contributed by atoms with Gasteiger partial charge < -0.3 is 14.5 Å². The van der Waals surface area contributed by atoms with Crippen molar-refractivity contribution >= 4 is 33.8 Å². The molecule has 1 N–H and O–H groups in total. The molecule has 6 rings (SSSR count). The van der Waals surface area contributed by atoms with Gasteiger partial charge in [-0.25, -0.2) is 19.9 Å². The van der Waals surface area contributed by atoms with Crippen LogP contribution in [0.1, 0.15) is 5.69 Å². The fraction of sp³-hybridized carbons (Fsp3) is 0.0800. The van der Waals surface area contributed by atoms with Crippen molar-refractivity contribution in [2.24, 2.45) is 0 Å². The number of rotatable bonds is 5. The summed E-state index contributed by atoms with van der Waals surface area (Å²) in [6, 6.07) is 17.1. The maximum Gasteiger partial charge on any atom is 0.182 e. The number of aromatic nitrogens is 6. The molecule has 0 saturated heterocycles. The number of methoxy groups -OCH3 is 1. The fourth-order valence-corrected chi connectivity index (χ4v) is 3.80. The van der Waals surface area contributed by atoms with Gasteiger partial charge in [-0.3, -0.25) is 9.55 Å². The van der Waals surface area contributed by atoms with Crippen LogP contribution in [-0.4, -0.2) is 36.6 Å².